The van der Waals surface area contributed by atoms with Gasteiger partial charge >= 0.3 is 5.97 Å². The number of nitrogens with one attached hydrogen (secondary N) is 1. The number of hydrogen-bond acceptors (Lipinski definition) is 4. The van der Waals surface area contributed by atoms with Crippen LogP contribution in [0.5, 0.6) is 0 Å². The van der Waals surface area contributed by atoms with Gasteiger partial charge in [-0.3, -0.25) is 4.79 Å². The summed E-state index contributed by atoms with van der Waals surface area (Å²) in [6.45, 7) is 2.94. The highest BCUT2D eigenvalue weighted by atomic mass is 79.9. The lowest BCUT2D eigenvalue weighted by Gasteiger charge is -2.15. The summed E-state index contributed by atoms with van der Waals surface area (Å²) in [5.41, 5.74) is 0.494. The molecule has 0 aromatic heterocycles. The van der Waals surface area contributed by atoms with Crippen molar-refractivity contribution in [3.63, 3.8) is 0 Å². The van der Waals surface area contributed by atoms with Crippen LogP contribution in [-0.4, -0.2) is 43.4 Å². The van der Waals surface area contributed by atoms with Crippen LogP contribution in [0.3, 0.4) is 0 Å². The molecule has 6 nitrogen and oxygen atoms in total. The van der Waals surface area contributed by atoms with Gasteiger partial charge in [-0.05, 0) is 24.6 Å². The quantitative estimate of drug-likeness (QED) is 0.656. The number of aliphatic carboxylic acids is 1. The van der Waals surface area contributed by atoms with E-state index in [-0.39, 0.29) is 13.2 Å². The summed E-state index contributed by atoms with van der Waals surface area (Å²) >= 11 is 3.27. The van der Waals surface area contributed by atoms with Crippen LogP contribution in [-0.2, 0) is 19.1 Å². The van der Waals surface area contributed by atoms with Crippen molar-refractivity contribution in [2.24, 2.45) is 0 Å². The van der Waals surface area contributed by atoms with Gasteiger partial charge in [0.1, 0.15) is 6.61 Å². The summed E-state index contributed by atoms with van der Waals surface area (Å²) in [5.74, 6) is -1.61. The molecule has 0 aliphatic rings. The van der Waals surface area contributed by atoms with Crippen LogP contribution in [0.4, 0.5) is 0 Å². The summed E-state index contributed by atoms with van der Waals surface area (Å²) in [5, 5.41) is 11.6. The van der Waals surface area contributed by atoms with Gasteiger partial charge < -0.3 is 19.9 Å². The second-order valence-corrected chi connectivity index (χ2v) is 5.06. The van der Waals surface area contributed by atoms with Crippen LogP contribution in [0.15, 0.2) is 28.7 Å². The third-order valence-corrected chi connectivity index (χ3v) is 3.09. The molecule has 0 spiro atoms. The fourth-order valence-corrected chi connectivity index (χ4v) is 1.84. The van der Waals surface area contributed by atoms with Crippen LogP contribution in [0.2, 0.25) is 0 Å². The third-order valence-electron chi connectivity index (χ3n) is 2.56. The zero-order valence-corrected chi connectivity index (χ0v) is 13.3. The predicted molar refractivity (Wildman–Crippen MR) is 80.0 cm³/mol. The molecule has 1 rings (SSSR count). The number of halogens is 1. The average Bonchev–Trinajstić information content (AvgIpc) is 2.45. The minimum Gasteiger partial charge on any atom is -0.479 e. The first-order chi connectivity index (χ1) is 10.0. The molecule has 116 valence electrons. The summed E-state index contributed by atoms with van der Waals surface area (Å²) in [7, 11) is 0. The highest BCUT2D eigenvalue weighted by Crippen LogP contribution is 2.17. The number of carbonyl (C=O) groups is 2. The number of rotatable bonds is 9. The maximum absolute atomic E-state index is 11.7. The summed E-state index contributed by atoms with van der Waals surface area (Å²) in [6, 6.07) is 5.62. The fraction of sp³-hybridized carbons (Fsp3) is 0.429. The predicted octanol–water partition coefficient (Wildman–Crippen LogP) is 1.74. The Labute approximate surface area is 131 Å². The standard InChI is InChI=1S/C14H18BrNO5/c1-2-20-7-8-21-9-12(17)16-13(14(18)19)10-3-5-11(15)6-4-10/h3-6,13H,2,7-9H2,1H3,(H,16,17)(H,18,19). The van der Waals surface area contributed by atoms with E-state index in [0.29, 0.717) is 18.8 Å². The van der Waals surface area contributed by atoms with Crippen molar-refractivity contribution in [2.45, 2.75) is 13.0 Å². The van der Waals surface area contributed by atoms with Crippen molar-refractivity contribution in [1.29, 1.82) is 0 Å². The van der Waals surface area contributed by atoms with Crippen molar-refractivity contribution >= 4 is 27.8 Å². The topological polar surface area (TPSA) is 84.9 Å². The summed E-state index contributed by atoms with van der Waals surface area (Å²) in [4.78, 5) is 22.9. The molecule has 0 radical (unpaired) electrons. The van der Waals surface area contributed by atoms with Crippen LogP contribution in [0.25, 0.3) is 0 Å². The molecular formula is C14H18BrNO5. The van der Waals surface area contributed by atoms with E-state index < -0.39 is 17.9 Å². The van der Waals surface area contributed by atoms with E-state index in [0.717, 1.165) is 4.47 Å². The number of carboxylic acid groups (broad SMARTS) is 1. The molecule has 21 heavy (non-hydrogen) atoms. The van der Waals surface area contributed by atoms with Gasteiger partial charge in [-0.1, -0.05) is 28.1 Å². The molecule has 1 unspecified atom stereocenters. The molecule has 0 fully saturated rings. The molecule has 1 aromatic carbocycles. The van der Waals surface area contributed by atoms with Crippen LogP contribution in [0, 0.1) is 0 Å². The summed E-state index contributed by atoms with van der Waals surface area (Å²) in [6.07, 6.45) is 0. The summed E-state index contributed by atoms with van der Waals surface area (Å²) < 4.78 is 11.0. The number of ether oxygens (including phenoxy) is 2. The van der Waals surface area contributed by atoms with Gasteiger partial charge in [-0.25, -0.2) is 4.79 Å². The zero-order valence-electron chi connectivity index (χ0n) is 11.7. The zero-order chi connectivity index (χ0) is 15.7. The second kappa shape index (κ2) is 9.49. The lowest BCUT2D eigenvalue weighted by Crippen LogP contribution is -2.36. The number of amides is 1. The van der Waals surface area contributed by atoms with Gasteiger partial charge in [0.25, 0.3) is 0 Å². The Hall–Kier alpha value is -1.44. The number of carbonyl (C=O) groups excluding carboxylic acids is 1. The Balaban J connectivity index is 2.49. The lowest BCUT2D eigenvalue weighted by molar-refractivity contribution is -0.142. The van der Waals surface area contributed by atoms with E-state index in [2.05, 4.69) is 21.2 Å². The normalized spacial score (nSPS) is 11.9. The Kier molecular flexibility index (Phi) is 7.96. The fourth-order valence-electron chi connectivity index (χ4n) is 1.57. The molecule has 1 amide bonds. The van der Waals surface area contributed by atoms with Crippen molar-refractivity contribution < 1.29 is 24.2 Å². The van der Waals surface area contributed by atoms with Gasteiger partial charge in [-0.2, -0.15) is 0 Å². The van der Waals surface area contributed by atoms with Crippen LogP contribution < -0.4 is 5.32 Å². The maximum atomic E-state index is 11.7. The van der Waals surface area contributed by atoms with Crippen molar-refractivity contribution in [2.75, 3.05) is 26.4 Å². The number of benzene rings is 1. The first kappa shape index (κ1) is 17.6. The highest BCUT2D eigenvalue weighted by Gasteiger charge is 2.21. The number of hydrogen-bond donors (Lipinski definition) is 2. The van der Waals surface area contributed by atoms with Gasteiger partial charge in [0, 0.05) is 11.1 Å². The Bertz CT molecular complexity index is 463. The SMILES string of the molecule is CCOCCOCC(=O)NC(C(=O)O)c1ccc(Br)cc1. The van der Waals surface area contributed by atoms with E-state index in [9.17, 15) is 14.7 Å². The second-order valence-electron chi connectivity index (χ2n) is 4.14. The lowest BCUT2D eigenvalue weighted by atomic mass is 10.1. The Morgan fingerprint density at radius 1 is 1.24 bits per heavy atom. The minimum absolute atomic E-state index is 0.201. The van der Waals surface area contributed by atoms with E-state index in [4.69, 9.17) is 9.47 Å². The average molecular weight is 360 g/mol. The molecule has 1 atom stereocenters. The van der Waals surface area contributed by atoms with Crippen LogP contribution >= 0.6 is 15.9 Å². The van der Waals surface area contributed by atoms with E-state index >= 15 is 0 Å². The molecule has 0 heterocycles. The largest absolute Gasteiger partial charge is 0.479 e. The third kappa shape index (κ3) is 6.70. The van der Waals surface area contributed by atoms with E-state index in [1.54, 1.807) is 24.3 Å². The van der Waals surface area contributed by atoms with Gasteiger partial charge in [0.15, 0.2) is 6.04 Å². The monoisotopic (exact) mass is 359 g/mol. The molecule has 0 saturated carbocycles. The molecular weight excluding hydrogens is 342 g/mol. The maximum Gasteiger partial charge on any atom is 0.330 e. The Morgan fingerprint density at radius 3 is 2.43 bits per heavy atom. The molecule has 2 N–H and O–H groups in total. The smallest absolute Gasteiger partial charge is 0.330 e. The molecule has 7 heteroatoms. The Morgan fingerprint density at radius 2 is 1.86 bits per heavy atom. The van der Waals surface area contributed by atoms with Crippen molar-refractivity contribution in [3.8, 4) is 0 Å². The van der Waals surface area contributed by atoms with Gasteiger partial charge in [0.2, 0.25) is 5.91 Å². The molecule has 1 aromatic rings. The van der Waals surface area contributed by atoms with E-state index in [1.165, 1.54) is 0 Å². The first-order valence-electron chi connectivity index (χ1n) is 6.47. The first-order valence-corrected chi connectivity index (χ1v) is 7.27. The molecule has 0 saturated heterocycles. The molecule has 0 aliphatic heterocycles. The van der Waals surface area contributed by atoms with E-state index in [1.807, 2.05) is 6.92 Å². The van der Waals surface area contributed by atoms with Crippen LogP contribution in [0.1, 0.15) is 18.5 Å². The van der Waals surface area contributed by atoms with Crippen molar-refractivity contribution in [1.82, 2.24) is 5.32 Å². The minimum atomic E-state index is -1.13. The molecule has 0 aliphatic carbocycles. The molecule has 0 bridgehead atoms. The van der Waals surface area contributed by atoms with Gasteiger partial charge in [0.05, 0.1) is 13.2 Å². The number of carboxylic acids is 1. The van der Waals surface area contributed by atoms with Gasteiger partial charge in [-0.15, -0.1) is 0 Å². The van der Waals surface area contributed by atoms with Crippen molar-refractivity contribution in [3.05, 3.63) is 34.3 Å². The highest BCUT2D eigenvalue weighted by molar-refractivity contribution is 9.10.